The topological polar surface area (TPSA) is 17.1 Å². The lowest BCUT2D eigenvalue weighted by molar-refractivity contribution is 0.0984. The summed E-state index contributed by atoms with van der Waals surface area (Å²) in [5.41, 5.74) is 0.756. The van der Waals surface area contributed by atoms with Gasteiger partial charge in [0.2, 0.25) is 0 Å². The smallest absolute Gasteiger partial charge is 0.163 e. The minimum atomic E-state index is 0.153. The Hall–Kier alpha value is -1.07. The molecule has 0 atom stereocenters. The molecule has 0 aromatic heterocycles. The van der Waals surface area contributed by atoms with E-state index in [0.29, 0.717) is 12.8 Å². The number of carbonyl (C=O) groups is 1. The predicted octanol–water partition coefficient (Wildman–Crippen LogP) is 3.44. The third-order valence-electron chi connectivity index (χ3n) is 1.82. The number of rotatable bonds is 3. The van der Waals surface area contributed by atoms with Crippen LogP contribution in [-0.2, 0) is 0 Å². The van der Waals surface area contributed by atoms with Gasteiger partial charge in [0.15, 0.2) is 5.78 Å². The van der Waals surface area contributed by atoms with Gasteiger partial charge in [-0.25, -0.2) is 0 Å². The van der Waals surface area contributed by atoms with Crippen molar-refractivity contribution < 1.29 is 4.79 Å². The van der Waals surface area contributed by atoms with Gasteiger partial charge in [-0.05, 0) is 19.1 Å². The van der Waals surface area contributed by atoms with Gasteiger partial charge in [0.05, 0.1) is 0 Å². The summed E-state index contributed by atoms with van der Waals surface area (Å²) in [4.78, 5) is 11.5. The molecule has 0 aliphatic carbocycles. The van der Waals surface area contributed by atoms with Crippen molar-refractivity contribution in [2.45, 2.75) is 19.8 Å². The highest BCUT2D eigenvalue weighted by Crippen LogP contribution is 2.12. The largest absolute Gasteiger partial charge is 0.294 e. The number of hydrogen-bond acceptors (Lipinski definition) is 1. The molecule has 1 aromatic rings. The lowest BCUT2D eigenvalue weighted by Gasteiger charge is -1.97. The fourth-order valence-corrected chi connectivity index (χ4v) is 1.35. The number of ketones is 1. The molecule has 72 valence electrons. The Bertz CT molecular complexity index is 368. The molecule has 0 N–H and O–H groups in total. The molecular formula is C12H11BrO. The quantitative estimate of drug-likeness (QED) is 0.594. The molecule has 14 heavy (non-hydrogen) atoms. The normalized spacial score (nSPS) is 9.00. The van der Waals surface area contributed by atoms with Crippen LogP contribution in [0.3, 0.4) is 0 Å². The summed E-state index contributed by atoms with van der Waals surface area (Å²) in [6.45, 7) is 1.78. The van der Waals surface area contributed by atoms with Crippen LogP contribution in [0.5, 0.6) is 0 Å². The lowest BCUT2D eigenvalue weighted by Crippen LogP contribution is -1.97. The predicted molar refractivity (Wildman–Crippen MR) is 61.2 cm³/mol. The maximum absolute atomic E-state index is 11.5. The van der Waals surface area contributed by atoms with E-state index in [1.807, 2.05) is 24.3 Å². The van der Waals surface area contributed by atoms with Gasteiger partial charge in [0.1, 0.15) is 0 Å². The molecule has 0 heterocycles. The van der Waals surface area contributed by atoms with Crippen molar-refractivity contribution in [2.75, 3.05) is 0 Å². The molecule has 1 rings (SSSR count). The first-order chi connectivity index (χ1) is 6.74. The molecule has 0 saturated carbocycles. The molecule has 0 saturated heterocycles. The van der Waals surface area contributed by atoms with Crippen LogP contribution in [0.4, 0.5) is 0 Å². The maximum atomic E-state index is 11.5. The third kappa shape index (κ3) is 3.35. The van der Waals surface area contributed by atoms with E-state index in [9.17, 15) is 4.79 Å². The second-order valence-electron chi connectivity index (χ2n) is 2.86. The first kappa shape index (κ1) is 11.0. The van der Waals surface area contributed by atoms with Crippen LogP contribution in [0.15, 0.2) is 28.7 Å². The van der Waals surface area contributed by atoms with E-state index in [-0.39, 0.29) is 5.78 Å². The average molecular weight is 251 g/mol. The van der Waals surface area contributed by atoms with E-state index in [1.54, 1.807) is 6.92 Å². The number of benzene rings is 1. The molecule has 2 heteroatoms. The zero-order valence-electron chi connectivity index (χ0n) is 8.01. The van der Waals surface area contributed by atoms with Gasteiger partial charge >= 0.3 is 0 Å². The van der Waals surface area contributed by atoms with Crippen LogP contribution in [0, 0.1) is 11.8 Å². The van der Waals surface area contributed by atoms with E-state index in [2.05, 4.69) is 27.8 Å². The average Bonchev–Trinajstić information content (AvgIpc) is 2.19. The fourth-order valence-electron chi connectivity index (χ4n) is 1.08. The zero-order chi connectivity index (χ0) is 10.4. The molecule has 0 spiro atoms. The van der Waals surface area contributed by atoms with Crippen molar-refractivity contribution in [1.82, 2.24) is 0 Å². The van der Waals surface area contributed by atoms with Crippen molar-refractivity contribution in [1.29, 1.82) is 0 Å². The number of carbonyl (C=O) groups excluding carboxylic acids is 1. The summed E-state index contributed by atoms with van der Waals surface area (Å²) >= 11 is 3.32. The first-order valence-electron chi connectivity index (χ1n) is 4.42. The van der Waals surface area contributed by atoms with Gasteiger partial charge in [0, 0.05) is 22.9 Å². The van der Waals surface area contributed by atoms with Crippen LogP contribution >= 0.6 is 15.9 Å². The molecule has 0 amide bonds. The molecule has 1 aromatic carbocycles. The molecule has 0 fully saturated rings. The van der Waals surface area contributed by atoms with E-state index >= 15 is 0 Å². The lowest BCUT2D eigenvalue weighted by atomic mass is 10.1. The molecule has 0 radical (unpaired) electrons. The Morgan fingerprint density at radius 1 is 1.36 bits per heavy atom. The fraction of sp³-hybridized carbons (Fsp3) is 0.250. The van der Waals surface area contributed by atoms with Crippen molar-refractivity contribution >= 4 is 21.7 Å². The zero-order valence-corrected chi connectivity index (χ0v) is 9.60. The second-order valence-corrected chi connectivity index (χ2v) is 3.77. The van der Waals surface area contributed by atoms with Gasteiger partial charge in [-0.1, -0.05) is 28.1 Å². The van der Waals surface area contributed by atoms with Gasteiger partial charge < -0.3 is 0 Å². The van der Waals surface area contributed by atoms with Gasteiger partial charge in [-0.2, -0.15) is 0 Å². The molecule has 0 unspecified atom stereocenters. The molecule has 1 nitrogen and oxygen atoms in total. The summed E-state index contributed by atoms with van der Waals surface area (Å²) < 4.78 is 0.988. The number of halogens is 1. The first-order valence-corrected chi connectivity index (χ1v) is 5.21. The maximum Gasteiger partial charge on any atom is 0.163 e. The van der Waals surface area contributed by atoms with Crippen LogP contribution in [0.1, 0.15) is 30.1 Å². The monoisotopic (exact) mass is 250 g/mol. The summed E-state index contributed by atoms with van der Waals surface area (Å²) in [7, 11) is 0. The Balaban J connectivity index is 2.59. The molecule has 0 bridgehead atoms. The highest BCUT2D eigenvalue weighted by Gasteiger charge is 2.03. The number of hydrogen-bond donors (Lipinski definition) is 0. The minimum Gasteiger partial charge on any atom is -0.294 e. The van der Waals surface area contributed by atoms with Crippen LogP contribution in [0.2, 0.25) is 0 Å². The van der Waals surface area contributed by atoms with Crippen LogP contribution in [0.25, 0.3) is 0 Å². The Morgan fingerprint density at radius 2 is 2.00 bits per heavy atom. The SMILES string of the molecule is CC#CCCC(=O)c1ccc(Br)cc1. The van der Waals surface area contributed by atoms with Gasteiger partial charge in [-0.15, -0.1) is 11.8 Å². The van der Waals surface area contributed by atoms with Crippen LogP contribution < -0.4 is 0 Å². The second kappa shape index (κ2) is 5.62. The van der Waals surface area contributed by atoms with Gasteiger partial charge in [0.25, 0.3) is 0 Å². The summed E-state index contributed by atoms with van der Waals surface area (Å²) in [6, 6.07) is 7.40. The highest BCUT2D eigenvalue weighted by atomic mass is 79.9. The van der Waals surface area contributed by atoms with E-state index in [0.717, 1.165) is 10.0 Å². The number of Topliss-reactive ketones (excluding diaryl/α,β-unsaturated/α-hetero) is 1. The van der Waals surface area contributed by atoms with Crippen molar-refractivity contribution in [3.63, 3.8) is 0 Å². The summed E-state index contributed by atoms with van der Waals surface area (Å²) in [6.07, 6.45) is 1.15. The van der Waals surface area contributed by atoms with E-state index in [4.69, 9.17) is 0 Å². The molecule has 0 aliphatic heterocycles. The Kier molecular flexibility index (Phi) is 4.42. The Morgan fingerprint density at radius 3 is 2.57 bits per heavy atom. The summed E-state index contributed by atoms with van der Waals surface area (Å²) in [5, 5.41) is 0. The standard InChI is InChI=1S/C12H11BrO/c1-2-3-4-5-12(14)10-6-8-11(13)9-7-10/h6-9H,4-5H2,1H3. The molecular weight excluding hydrogens is 240 g/mol. The van der Waals surface area contributed by atoms with Crippen molar-refractivity contribution in [3.05, 3.63) is 34.3 Å². The third-order valence-corrected chi connectivity index (χ3v) is 2.35. The summed E-state index contributed by atoms with van der Waals surface area (Å²) in [5.74, 6) is 5.81. The van der Waals surface area contributed by atoms with Crippen LogP contribution in [-0.4, -0.2) is 5.78 Å². The van der Waals surface area contributed by atoms with E-state index < -0.39 is 0 Å². The Labute approximate surface area is 92.6 Å². The van der Waals surface area contributed by atoms with Gasteiger partial charge in [-0.3, -0.25) is 4.79 Å². The highest BCUT2D eigenvalue weighted by molar-refractivity contribution is 9.10. The minimum absolute atomic E-state index is 0.153. The van der Waals surface area contributed by atoms with E-state index in [1.165, 1.54) is 0 Å². The van der Waals surface area contributed by atoms with Crippen molar-refractivity contribution in [2.24, 2.45) is 0 Å². The molecule has 0 aliphatic rings. The van der Waals surface area contributed by atoms with Crippen molar-refractivity contribution in [3.8, 4) is 11.8 Å².